The van der Waals surface area contributed by atoms with E-state index in [1.165, 1.54) is 0 Å². The Hall–Kier alpha value is 0.600. The molecule has 61 valence electrons. The number of hydrogen-bond donors (Lipinski definition) is 1. The van der Waals surface area contributed by atoms with Gasteiger partial charge in [-0.1, -0.05) is 0 Å². The molecule has 3 nitrogen and oxygen atoms in total. The molecule has 1 N–H and O–H groups in total. The van der Waals surface area contributed by atoms with Crippen molar-refractivity contribution in [1.82, 2.24) is 9.34 Å². The van der Waals surface area contributed by atoms with Gasteiger partial charge in [0.15, 0.2) is 0 Å². The van der Waals surface area contributed by atoms with E-state index in [-0.39, 0.29) is 0 Å². The zero-order chi connectivity index (χ0) is 7.78. The highest BCUT2D eigenvalue weighted by atomic mass is 35.5. The molecule has 5 heteroatoms. The van der Waals surface area contributed by atoms with E-state index in [9.17, 15) is 4.89 Å². The Bertz CT molecular complexity index is 125. The van der Waals surface area contributed by atoms with E-state index in [1.54, 1.807) is 0 Å². The first kappa shape index (κ1) is 8.69. The number of hydrogen-bond acceptors (Lipinski definition) is 3. The minimum Gasteiger partial charge on any atom is -0.352 e. The van der Waals surface area contributed by atoms with Gasteiger partial charge < -0.3 is 4.89 Å². The standard InChI is InChI=1S/C5H13ClN2OP/c1-7-3-4-8(2)10(7,9)5-6/h9H,3-5H2,1-2H3. The van der Waals surface area contributed by atoms with Crippen molar-refractivity contribution in [2.45, 2.75) is 0 Å². The molecule has 0 bridgehead atoms. The van der Waals surface area contributed by atoms with E-state index < -0.39 is 7.79 Å². The van der Waals surface area contributed by atoms with Crippen LogP contribution in [-0.4, -0.2) is 47.0 Å². The maximum atomic E-state index is 9.87. The molecule has 1 heterocycles. The first-order chi connectivity index (χ1) is 4.61. The molecule has 0 unspecified atom stereocenters. The van der Waals surface area contributed by atoms with Gasteiger partial charge in [0.25, 0.3) is 0 Å². The molecule has 1 fully saturated rings. The van der Waals surface area contributed by atoms with E-state index in [1.807, 2.05) is 23.4 Å². The van der Waals surface area contributed by atoms with Crippen molar-refractivity contribution in [3.63, 3.8) is 0 Å². The highest BCUT2D eigenvalue weighted by Crippen LogP contribution is 2.62. The summed E-state index contributed by atoms with van der Waals surface area (Å²) in [6.45, 7) is 1.85. The van der Waals surface area contributed by atoms with Crippen LogP contribution in [0.5, 0.6) is 0 Å². The van der Waals surface area contributed by atoms with E-state index in [2.05, 4.69) is 0 Å². The monoisotopic (exact) mass is 183 g/mol. The first-order valence-corrected chi connectivity index (χ1v) is 5.58. The van der Waals surface area contributed by atoms with Crippen molar-refractivity contribution in [3.8, 4) is 0 Å². The van der Waals surface area contributed by atoms with Crippen molar-refractivity contribution in [2.24, 2.45) is 0 Å². The van der Waals surface area contributed by atoms with Crippen molar-refractivity contribution >= 4 is 19.4 Å². The lowest BCUT2D eigenvalue weighted by Crippen LogP contribution is -2.19. The summed E-state index contributed by atoms with van der Waals surface area (Å²) in [5, 5.41) is 0. The van der Waals surface area contributed by atoms with Gasteiger partial charge in [-0.25, -0.2) is 0 Å². The zero-order valence-electron chi connectivity index (χ0n) is 6.29. The second-order valence-corrected chi connectivity index (χ2v) is 6.28. The Morgan fingerprint density at radius 3 is 2.00 bits per heavy atom. The molecule has 1 rings (SSSR count). The first-order valence-electron chi connectivity index (χ1n) is 3.21. The van der Waals surface area contributed by atoms with Crippen LogP contribution < -0.4 is 0 Å². The quantitative estimate of drug-likeness (QED) is 0.482. The lowest BCUT2D eigenvalue weighted by Gasteiger charge is -2.34. The molecule has 1 radical (unpaired) electrons. The third kappa shape index (κ3) is 1.17. The van der Waals surface area contributed by atoms with Gasteiger partial charge in [-0.15, -0.1) is 11.6 Å². The predicted octanol–water partition coefficient (Wildman–Crippen LogP) is 0.815. The Morgan fingerprint density at radius 1 is 1.40 bits per heavy atom. The van der Waals surface area contributed by atoms with Gasteiger partial charge in [-0.05, 0) is 14.1 Å². The fourth-order valence-electron chi connectivity index (χ4n) is 1.05. The topological polar surface area (TPSA) is 26.7 Å². The van der Waals surface area contributed by atoms with Gasteiger partial charge in [-0.2, -0.15) is 0 Å². The highest BCUT2D eigenvalue weighted by Gasteiger charge is 2.38. The summed E-state index contributed by atoms with van der Waals surface area (Å²) in [5.41, 5.74) is 0.347. The van der Waals surface area contributed by atoms with Crippen LogP contribution in [-0.2, 0) is 0 Å². The van der Waals surface area contributed by atoms with Crippen molar-refractivity contribution in [1.29, 1.82) is 0 Å². The average molecular weight is 184 g/mol. The minimum atomic E-state index is -2.05. The molecule has 0 spiro atoms. The van der Waals surface area contributed by atoms with Crippen molar-refractivity contribution in [2.75, 3.05) is 32.8 Å². The number of likely N-dealkylation sites (N-methyl/N-ethyl adjacent to an activating group) is 2. The van der Waals surface area contributed by atoms with Crippen molar-refractivity contribution < 1.29 is 4.89 Å². The van der Waals surface area contributed by atoms with Crippen molar-refractivity contribution in [3.05, 3.63) is 0 Å². The lowest BCUT2D eigenvalue weighted by molar-refractivity contribution is 0.468. The van der Waals surface area contributed by atoms with Crippen LogP contribution in [0.2, 0.25) is 0 Å². The number of rotatable bonds is 1. The fourth-order valence-corrected chi connectivity index (χ4v) is 3.85. The number of halogens is 1. The Balaban J connectivity index is 2.70. The highest BCUT2D eigenvalue weighted by molar-refractivity contribution is 7.67. The molecule has 0 atom stereocenters. The number of nitrogens with zero attached hydrogens (tertiary/aromatic N) is 2. The molecule has 1 saturated heterocycles. The Kier molecular flexibility index (Phi) is 2.54. The van der Waals surface area contributed by atoms with Gasteiger partial charge >= 0.3 is 0 Å². The molecule has 0 aliphatic carbocycles. The lowest BCUT2D eigenvalue weighted by atomic mass is 10.6. The smallest absolute Gasteiger partial charge is 0.126 e. The zero-order valence-corrected chi connectivity index (χ0v) is 7.94. The molecule has 0 aromatic heterocycles. The van der Waals surface area contributed by atoms with Gasteiger partial charge in [0, 0.05) is 13.1 Å². The van der Waals surface area contributed by atoms with E-state index in [4.69, 9.17) is 11.6 Å². The Labute approximate surface area is 67.1 Å². The van der Waals surface area contributed by atoms with Crippen LogP contribution in [0, 0.1) is 0 Å². The fraction of sp³-hybridized carbons (Fsp3) is 1.00. The van der Waals surface area contributed by atoms with Crippen LogP contribution >= 0.6 is 19.4 Å². The number of alkyl halides is 1. The largest absolute Gasteiger partial charge is 0.352 e. The third-order valence-electron chi connectivity index (χ3n) is 2.00. The molecule has 0 saturated carbocycles. The summed E-state index contributed by atoms with van der Waals surface area (Å²) < 4.78 is 3.92. The van der Waals surface area contributed by atoms with E-state index in [0.29, 0.717) is 5.62 Å². The van der Waals surface area contributed by atoms with E-state index >= 15 is 0 Å². The third-order valence-corrected chi connectivity index (χ3v) is 5.87. The molecule has 10 heavy (non-hydrogen) atoms. The molecule has 1 aliphatic heterocycles. The second-order valence-electron chi connectivity index (χ2n) is 2.57. The average Bonchev–Trinajstić information content (AvgIpc) is 2.18. The van der Waals surface area contributed by atoms with Crippen LogP contribution in [0.1, 0.15) is 0 Å². The molecule has 1 aliphatic rings. The SMILES string of the molecule is CN1CCN(C)[P]1(O)CCl. The Morgan fingerprint density at radius 2 is 1.80 bits per heavy atom. The van der Waals surface area contributed by atoms with Gasteiger partial charge in [-0.3, -0.25) is 9.34 Å². The van der Waals surface area contributed by atoms with Crippen LogP contribution in [0.4, 0.5) is 0 Å². The molecular weight excluding hydrogens is 170 g/mol. The van der Waals surface area contributed by atoms with Gasteiger partial charge in [0.2, 0.25) is 0 Å². The molecular formula is C5H13ClN2OP. The summed E-state index contributed by atoms with van der Waals surface area (Å²) in [7, 11) is 1.78. The molecule has 0 aromatic rings. The van der Waals surface area contributed by atoms with Gasteiger partial charge in [0.1, 0.15) is 7.79 Å². The summed E-state index contributed by atoms with van der Waals surface area (Å²) >= 11 is 5.65. The van der Waals surface area contributed by atoms with E-state index in [0.717, 1.165) is 13.1 Å². The minimum absolute atomic E-state index is 0.347. The summed E-state index contributed by atoms with van der Waals surface area (Å²) in [6.07, 6.45) is 0. The van der Waals surface area contributed by atoms with Crippen LogP contribution in [0.25, 0.3) is 0 Å². The predicted molar refractivity (Wildman–Crippen MR) is 45.1 cm³/mol. The maximum absolute atomic E-state index is 9.87. The van der Waals surface area contributed by atoms with Crippen LogP contribution in [0.3, 0.4) is 0 Å². The van der Waals surface area contributed by atoms with Gasteiger partial charge in [0.05, 0.1) is 5.62 Å². The second kappa shape index (κ2) is 2.92. The summed E-state index contributed by atoms with van der Waals surface area (Å²) in [4.78, 5) is 9.87. The summed E-state index contributed by atoms with van der Waals surface area (Å²) in [5.74, 6) is 0. The normalized spacial score (nSPS) is 27.6. The molecule has 0 aromatic carbocycles. The summed E-state index contributed by atoms with van der Waals surface area (Å²) in [6, 6.07) is 0. The maximum Gasteiger partial charge on any atom is 0.126 e. The van der Waals surface area contributed by atoms with Crippen LogP contribution in [0.15, 0.2) is 0 Å². The molecule has 0 amide bonds.